The lowest BCUT2D eigenvalue weighted by molar-refractivity contribution is -0.115. The minimum atomic E-state index is -0.625. The third-order valence-electron chi connectivity index (χ3n) is 4.50. The van der Waals surface area contributed by atoms with E-state index in [0.717, 1.165) is 17.4 Å². The molecule has 0 saturated carbocycles. The number of carbonyl (C=O) groups is 1. The molecule has 2 aromatic heterocycles. The number of hydrogen-bond acceptors (Lipinski definition) is 4. The highest BCUT2D eigenvalue weighted by Crippen LogP contribution is 2.30. The molecular weight excluding hydrogens is 370 g/mol. The second-order valence-corrected chi connectivity index (χ2v) is 7.45. The van der Waals surface area contributed by atoms with Gasteiger partial charge in [-0.3, -0.25) is 4.79 Å². The highest BCUT2D eigenvalue weighted by atomic mass is 32.1. The molecule has 1 N–H and O–H groups in total. The fourth-order valence-electron chi connectivity index (χ4n) is 3.36. The van der Waals surface area contributed by atoms with Crippen LogP contribution in [0.2, 0.25) is 0 Å². The molecule has 0 aliphatic carbocycles. The standard InChI is InChI=1S/C19H18F2N4OS/c20-14-9-13-3-1-7-24(19(13)16(21)10-14)12-18(26)23-17-5-6-22-25(17)11-15-4-2-8-27-15/h2,4-6,8-10H,1,3,7,11-12H2,(H,23,26). The Hall–Kier alpha value is -2.74. The van der Waals surface area contributed by atoms with E-state index in [2.05, 4.69) is 10.4 Å². The van der Waals surface area contributed by atoms with Gasteiger partial charge in [-0.15, -0.1) is 11.3 Å². The molecule has 8 heteroatoms. The molecule has 0 bridgehead atoms. The summed E-state index contributed by atoms with van der Waals surface area (Å²) in [5.74, 6) is -0.889. The molecule has 0 atom stereocenters. The van der Waals surface area contributed by atoms with Crippen LogP contribution in [0, 0.1) is 11.6 Å². The summed E-state index contributed by atoms with van der Waals surface area (Å²) in [5, 5.41) is 9.07. The van der Waals surface area contributed by atoms with Gasteiger partial charge in [0.1, 0.15) is 17.5 Å². The Balaban J connectivity index is 1.47. The molecule has 3 aromatic rings. The first kappa shape index (κ1) is 17.7. The zero-order chi connectivity index (χ0) is 18.8. The van der Waals surface area contributed by atoms with Crippen LogP contribution in [0.5, 0.6) is 0 Å². The summed E-state index contributed by atoms with van der Waals surface area (Å²) in [6, 6.07) is 7.91. The van der Waals surface area contributed by atoms with Crippen LogP contribution >= 0.6 is 11.3 Å². The molecule has 0 saturated heterocycles. The Morgan fingerprint density at radius 1 is 1.30 bits per heavy atom. The summed E-state index contributed by atoms with van der Waals surface area (Å²) in [6.07, 6.45) is 2.98. The number of amides is 1. The maximum atomic E-state index is 14.3. The third kappa shape index (κ3) is 3.85. The van der Waals surface area contributed by atoms with Gasteiger partial charge >= 0.3 is 0 Å². The van der Waals surface area contributed by atoms with Gasteiger partial charge < -0.3 is 10.2 Å². The van der Waals surface area contributed by atoms with E-state index in [0.29, 0.717) is 36.6 Å². The van der Waals surface area contributed by atoms with Crippen LogP contribution in [0.15, 0.2) is 41.9 Å². The number of nitrogens with zero attached hydrogens (tertiary/aromatic N) is 3. The smallest absolute Gasteiger partial charge is 0.245 e. The summed E-state index contributed by atoms with van der Waals surface area (Å²) < 4.78 is 29.4. The van der Waals surface area contributed by atoms with Crippen LogP contribution in [-0.2, 0) is 17.8 Å². The van der Waals surface area contributed by atoms with E-state index in [4.69, 9.17) is 0 Å². The van der Waals surface area contributed by atoms with Crippen molar-refractivity contribution in [2.45, 2.75) is 19.4 Å². The van der Waals surface area contributed by atoms with Crippen LogP contribution in [0.3, 0.4) is 0 Å². The van der Waals surface area contributed by atoms with Gasteiger partial charge in [0.05, 0.1) is 25.0 Å². The second kappa shape index (κ2) is 7.48. The lowest BCUT2D eigenvalue weighted by atomic mass is 10.0. The van der Waals surface area contributed by atoms with Crippen LogP contribution < -0.4 is 10.2 Å². The molecule has 140 valence electrons. The van der Waals surface area contributed by atoms with E-state index >= 15 is 0 Å². The Bertz CT molecular complexity index is 955. The summed E-state index contributed by atoms with van der Waals surface area (Å²) in [7, 11) is 0. The van der Waals surface area contributed by atoms with E-state index in [-0.39, 0.29) is 12.5 Å². The van der Waals surface area contributed by atoms with Crippen molar-refractivity contribution in [1.29, 1.82) is 0 Å². The number of nitrogens with one attached hydrogen (secondary N) is 1. The molecule has 5 nitrogen and oxygen atoms in total. The normalized spacial score (nSPS) is 13.5. The molecule has 0 unspecified atom stereocenters. The fourth-order valence-corrected chi connectivity index (χ4v) is 4.05. The first-order chi connectivity index (χ1) is 13.1. The van der Waals surface area contributed by atoms with Gasteiger partial charge in [0, 0.05) is 23.6 Å². The van der Waals surface area contributed by atoms with Gasteiger partial charge in [0.15, 0.2) is 0 Å². The molecule has 1 amide bonds. The molecule has 0 spiro atoms. The van der Waals surface area contributed by atoms with Gasteiger partial charge in [-0.05, 0) is 35.9 Å². The van der Waals surface area contributed by atoms with Gasteiger partial charge in [0.25, 0.3) is 0 Å². The molecule has 0 fully saturated rings. The molecule has 1 aromatic carbocycles. The number of halogens is 2. The average molecular weight is 388 g/mol. The van der Waals surface area contributed by atoms with Crippen molar-refractivity contribution in [2.24, 2.45) is 0 Å². The highest BCUT2D eigenvalue weighted by Gasteiger charge is 2.24. The van der Waals surface area contributed by atoms with Crippen molar-refractivity contribution in [1.82, 2.24) is 9.78 Å². The van der Waals surface area contributed by atoms with Crippen LogP contribution in [0.4, 0.5) is 20.3 Å². The van der Waals surface area contributed by atoms with Gasteiger partial charge in [0.2, 0.25) is 5.91 Å². The maximum absolute atomic E-state index is 14.3. The van der Waals surface area contributed by atoms with Crippen molar-refractivity contribution in [3.63, 3.8) is 0 Å². The summed E-state index contributed by atoms with van der Waals surface area (Å²) in [6.45, 7) is 1.12. The van der Waals surface area contributed by atoms with Gasteiger partial charge in [-0.2, -0.15) is 5.10 Å². The predicted octanol–water partition coefficient (Wildman–Crippen LogP) is 3.66. The maximum Gasteiger partial charge on any atom is 0.245 e. The van der Waals surface area contributed by atoms with Crippen LogP contribution in [0.1, 0.15) is 16.9 Å². The van der Waals surface area contributed by atoms with Crippen molar-refractivity contribution < 1.29 is 13.6 Å². The number of carbonyl (C=O) groups excluding carboxylic acids is 1. The number of rotatable bonds is 5. The number of thiophene rings is 1. The van der Waals surface area contributed by atoms with Crippen molar-refractivity contribution in [3.8, 4) is 0 Å². The minimum Gasteiger partial charge on any atom is -0.360 e. The fraction of sp³-hybridized carbons (Fsp3) is 0.263. The summed E-state index contributed by atoms with van der Waals surface area (Å²) in [4.78, 5) is 15.3. The monoisotopic (exact) mass is 388 g/mol. The molecule has 27 heavy (non-hydrogen) atoms. The molecule has 3 heterocycles. The lowest BCUT2D eigenvalue weighted by Crippen LogP contribution is -2.37. The topological polar surface area (TPSA) is 50.2 Å². The van der Waals surface area contributed by atoms with E-state index < -0.39 is 11.6 Å². The van der Waals surface area contributed by atoms with E-state index in [1.807, 2.05) is 17.5 Å². The average Bonchev–Trinajstić information content (AvgIpc) is 3.27. The first-order valence-corrected chi connectivity index (χ1v) is 9.55. The molecular formula is C19H18F2N4OS. The van der Waals surface area contributed by atoms with E-state index in [1.165, 1.54) is 6.07 Å². The largest absolute Gasteiger partial charge is 0.360 e. The number of aromatic nitrogens is 2. The van der Waals surface area contributed by atoms with Crippen LogP contribution in [-0.4, -0.2) is 28.8 Å². The van der Waals surface area contributed by atoms with E-state index in [1.54, 1.807) is 33.2 Å². The van der Waals surface area contributed by atoms with Gasteiger partial charge in [-0.25, -0.2) is 13.5 Å². The number of benzene rings is 1. The number of fused-ring (bicyclic) bond motifs is 1. The number of anilines is 2. The zero-order valence-electron chi connectivity index (χ0n) is 14.5. The Labute approximate surface area is 159 Å². The van der Waals surface area contributed by atoms with Crippen molar-refractivity contribution in [2.75, 3.05) is 23.3 Å². The molecule has 1 aliphatic heterocycles. The number of hydrogen-bond donors (Lipinski definition) is 1. The van der Waals surface area contributed by atoms with Crippen molar-refractivity contribution in [3.05, 3.63) is 64.0 Å². The molecule has 0 radical (unpaired) electrons. The minimum absolute atomic E-state index is 0.000264. The predicted molar refractivity (Wildman–Crippen MR) is 101 cm³/mol. The molecule has 4 rings (SSSR count). The Morgan fingerprint density at radius 3 is 3.00 bits per heavy atom. The Morgan fingerprint density at radius 2 is 2.19 bits per heavy atom. The van der Waals surface area contributed by atoms with Crippen LogP contribution in [0.25, 0.3) is 0 Å². The van der Waals surface area contributed by atoms with Crippen molar-refractivity contribution >= 4 is 28.7 Å². The second-order valence-electron chi connectivity index (χ2n) is 6.42. The zero-order valence-corrected chi connectivity index (χ0v) is 15.3. The summed E-state index contributed by atoms with van der Waals surface area (Å²) in [5.41, 5.74) is 0.930. The quantitative estimate of drug-likeness (QED) is 0.726. The highest BCUT2D eigenvalue weighted by molar-refractivity contribution is 7.09. The SMILES string of the molecule is O=C(CN1CCCc2cc(F)cc(F)c21)Nc1ccnn1Cc1cccs1. The molecule has 1 aliphatic rings. The Kier molecular flexibility index (Phi) is 4.89. The van der Waals surface area contributed by atoms with E-state index in [9.17, 15) is 13.6 Å². The number of aryl methyl sites for hydroxylation is 1. The third-order valence-corrected chi connectivity index (χ3v) is 5.36. The van der Waals surface area contributed by atoms with Gasteiger partial charge in [-0.1, -0.05) is 6.07 Å². The summed E-state index contributed by atoms with van der Waals surface area (Å²) >= 11 is 1.62. The first-order valence-electron chi connectivity index (χ1n) is 8.67. The lowest BCUT2D eigenvalue weighted by Gasteiger charge is -2.31.